The number of hydrogen-bond acceptors (Lipinski definition) is 4. The molecule has 6 heteroatoms. The van der Waals surface area contributed by atoms with E-state index in [4.69, 9.17) is 18.3 Å². The van der Waals surface area contributed by atoms with Crippen LogP contribution >= 0.6 is 0 Å². The fourth-order valence-electron chi connectivity index (χ4n) is 4.16. The summed E-state index contributed by atoms with van der Waals surface area (Å²) >= 11 is 0. The van der Waals surface area contributed by atoms with Crippen molar-refractivity contribution in [2.45, 2.75) is 117 Å². The Morgan fingerprint density at radius 3 is 1.85 bits per heavy atom. The molecular weight excluding hydrogens is 517 g/mol. The van der Waals surface area contributed by atoms with Crippen LogP contribution in [0, 0.1) is 17.8 Å². The maximum Gasteiger partial charge on any atom is 0.192 e. The Balaban J connectivity index is 3.36. The lowest BCUT2D eigenvalue weighted by Crippen LogP contribution is -2.51. The summed E-state index contributed by atoms with van der Waals surface area (Å²) in [6, 6.07) is 8.12. The SMILES string of the molecule is C=C/C=C\[C@H](C)[C@@H](OCc1ccc(OC)cc1)[C@@H](C)[C@H](O[Si](C)(C)C(C)(C)C)[C@@H](C)CO[Si](C)(C)C(C)(C)C. The maximum atomic E-state index is 7.23. The first-order valence-corrected chi connectivity index (χ1v) is 20.4. The van der Waals surface area contributed by atoms with Crippen LogP contribution in [0.25, 0.3) is 0 Å². The van der Waals surface area contributed by atoms with Crippen LogP contribution in [0.3, 0.4) is 0 Å². The Bertz CT molecular complexity index is 894. The Morgan fingerprint density at radius 1 is 0.846 bits per heavy atom. The van der Waals surface area contributed by atoms with Crippen LogP contribution in [0.15, 0.2) is 49.1 Å². The van der Waals surface area contributed by atoms with Crippen LogP contribution in [0.4, 0.5) is 0 Å². The molecule has 0 saturated heterocycles. The molecule has 0 fully saturated rings. The number of methoxy groups -OCH3 is 1. The van der Waals surface area contributed by atoms with Crippen LogP contribution in [0.5, 0.6) is 5.75 Å². The average molecular weight is 577 g/mol. The molecule has 1 aromatic rings. The van der Waals surface area contributed by atoms with Gasteiger partial charge in [0.1, 0.15) is 5.75 Å². The lowest BCUT2D eigenvalue weighted by molar-refractivity contribution is -0.0688. The number of ether oxygens (including phenoxy) is 2. The van der Waals surface area contributed by atoms with Gasteiger partial charge in [0, 0.05) is 24.4 Å². The van der Waals surface area contributed by atoms with Crippen molar-refractivity contribution in [2.75, 3.05) is 13.7 Å². The van der Waals surface area contributed by atoms with E-state index in [2.05, 4.69) is 113 Å². The summed E-state index contributed by atoms with van der Waals surface area (Å²) < 4.78 is 26.0. The third kappa shape index (κ3) is 10.6. The van der Waals surface area contributed by atoms with Gasteiger partial charge in [-0.05, 0) is 54.0 Å². The van der Waals surface area contributed by atoms with Crippen LogP contribution < -0.4 is 4.74 Å². The molecule has 0 amide bonds. The highest BCUT2D eigenvalue weighted by atomic mass is 28.4. The van der Waals surface area contributed by atoms with Gasteiger partial charge in [-0.25, -0.2) is 0 Å². The number of benzene rings is 1. The zero-order chi connectivity index (χ0) is 30.2. The minimum atomic E-state index is -2.06. The van der Waals surface area contributed by atoms with E-state index >= 15 is 0 Å². The van der Waals surface area contributed by atoms with Crippen LogP contribution in [0.2, 0.25) is 36.3 Å². The van der Waals surface area contributed by atoms with E-state index in [-0.39, 0.29) is 40.0 Å². The van der Waals surface area contributed by atoms with Crippen LogP contribution in [-0.4, -0.2) is 42.6 Å². The predicted molar refractivity (Wildman–Crippen MR) is 174 cm³/mol. The Labute approximate surface area is 243 Å². The third-order valence-corrected chi connectivity index (χ3v) is 18.0. The summed E-state index contributed by atoms with van der Waals surface area (Å²) in [5.41, 5.74) is 1.13. The molecule has 1 rings (SSSR count). The smallest absolute Gasteiger partial charge is 0.192 e. The second-order valence-corrected chi connectivity index (χ2v) is 23.9. The molecule has 224 valence electrons. The van der Waals surface area contributed by atoms with Crippen molar-refractivity contribution in [3.63, 3.8) is 0 Å². The molecule has 0 unspecified atom stereocenters. The fourth-order valence-corrected chi connectivity index (χ4v) is 6.75. The van der Waals surface area contributed by atoms with Gasteiger partial charge < -0.3 is 18.3 Å². The highest BCUT2D eigenvalue weighted by Gasteiger charge is 2.44. The largest absolute Gasteiger partial charge is 0.497 e. The molecule has 0 heterocycles. The first-order valence-electron chi connectivity index (χ1n) is 14.6. The molecule has 0 aliphatic carbocycles. The van der Waals surface area contributed by atoms with Gasteiger partial charge in [0.2, 0.25) is 0 Å². The van der Waals surface area contributed by atoms with Gasteiger partial charge in [-0.15, -0.1) is 0 Å². The topological polar surface area (TPSA) is 36.9 Å². The first-order chi connectivity index (χ1) is 17.8. The molecule has 5 atom stereocenters. The lowest BCUT2D eigenvalue weighted by atomic mass is 9.84. The van der Waals surface area contributed by atoms with E-state index in [0.717, 1.165) is 11.3 Å². The molecule has 0 radical (unpaired) electrons. The zero-order valence-electron chi connectivity index (χ0n) is 27.7. The molecule has 1 aromatic carbocycles. The van der Waals surface area contributed by atoms with Gasteiger partial charge in [0.15, 0.2) is 16.6 Å². The van der Waals surface area contributed by atoms with Crippen molar-refractivity contribution in [3.05, 3.63) is 54.6 Å². The van der Waals surface area contributed by atoms with Crippen molar-refractivity contribution >= 4 is 16.6 Å². The van der Waals surface area contributed by atoms with Crippen LogP contribution in [0.1, 0.15) is 67.9 Å². The maximum absolute atomic E-state index is 7.23. The van der Waals surface area contributed by atoms with Gasteiger partial charge in [-0.1, -0.05) is 99.3 Å². The standard InChI is InChI=1S/C33H60O4Si2/c1-16-17-18-25(2)30(35-24-28-19-21-29(34-11)22-20-28)27(4)31(37-39(14,15)33(8,9)10)26(3)23-36-38(12,13)32(5,6)7/h16-22,25-27,30-31H,1,23-24H2,2-15H3/b18-17-/t25-,26-,27+,30+,31+/m0/s1. The van der Waals surface area contributed by atoms with Gasteiger partial charge in [0.05, 0.1) is 25.9 Å². The van der Waals surface area contributed by atoms with E-state index in [9.17, 15) is 0 Å². The summed E-state index contributed by atoms with van der Waals surface area (Å²) in [5, 5.41) is 0.279. The second kappa shape index (κ2) is 14.6. The molecular formula is C33H60O4Si2. The third-order valence-electron chi connectivity index (χ3n) is 9.02. The molecule has 0 spiro atoms. The normalized spacial score (nSPS) is 17.5. The Kier molecular flexibility index (Phi) is 13.4. The number of hydrogen-bond donors (Lipinski definition) is 0. The number of rotatable bonds is 15. The van der Waals surface area contributed by atoms with E-state index < -0.39 is 16.6 Å². The lowest BCUT2D eigenvalue weighted by Gasteiger charge is -2.45. The zero-order valence-corrected chi connectivity index (χ0v) is 29.7. The molecule has 0 saturated carbocycles. The van der Waals surface area contributed by atoms with Crippen LogP contribution in [-0.2, 0) is 20.2 Å². The Hall–Kier alpha value is -1.19. The van der Waals surface area contributed by atoms with Gasteiger partial charge in [-0.3, -0.25) is 0 Å². The summed E-state index contributed by atoms with van der Waals surface area (Å²) in [4.78, 5) is 0. The van der Waals surface area contributed by atoms with E-state index in [1.54, 1.807) is 7.11 Å². The van der Waals surface area contributed by atoms with Crippen molar-refractivity contribution < 1.29 is 18.3 Å². The van der Waals surface area contributed by atoms with Crippen molar-refractivity contribution in [1.29, 1.82) is 0 Å². The summed E-state index contributed by atoms with van der Waals surface area (Å²) in [7, 11) is -2.25. The van der Waals surface area contributed by atoms with E-state index in [1.807, 2.05) is 24.3 Å². The quantitative estimate of drug-likeness (QED) is 0.154. The second-order valence-electron chi connectivity index (χ2n) is 14.4. The minimum absolute atomic E-state index is 0.0103. The van der Waals surface area contributed by atoms with Crippen molar-refractivity contribution in [1.82, 2.24) is 0 Å². The average Bonchev–Trinajstić information content (AvgIpc) is 2.83. The summed E-state index contributed by atoms with van der Waals surface area (Å²) in [6.45, 7) is 35.1. The summed E-state index contributed by atoms with van der Waals surface area (Å²) in [6.07, 6.45) is 6.03. The molecule has 0 aromatic heterocycles. The highest BCUT2D eigenvalue weighted by Crippen LogP contribution is 2.41. The molecule has 39 heavy (non-hydrogen) atoms. The fraction of sp³-hybridized carbons (Fsp3) is 0.697. The first kappa shape index (κ1) is 35.8. The van der Waals surface area contributed by atoms with Gasteiger partial charge in [-0.2, -0.15) is 0 Å². The minimum Gasteiger partial charge on any atom is -0.497 e. The number of allylic oxidation sites excluding steroid dienone is 2. The molecule has 0 bridgehead atoms. The molecule has 0 aliphatic heterocycles. The molecule has 4 nitrogen and oxygen atoms in total. The monoisotopic (exact) mass is 576 g/mol. The highest BCUT2D eigenvalue weighted by molar-refractivity contribution is 6.74. The summed E-state index contributed by atoms with van der Waals surface area (Å²) in [5.74, 6) is 1.42. The van der Waals surface area contributed by atoms with E-state index in [0.29, 0.717) is 13.2 Å². The van der Waals surface area contributed by atoms with Crippen molar-refractivity contribution in [3.8, 4) is 5.75 Å². The predicted octanol–water partition coefficient (Wildman–Crippen LogP) is 9.64. The molecule has 0 aliphatic rings. The van der Waals surface area contributed by atoms with E-state index in [1.165, 1.54) is 0 Å². The van der Waals surface area contributed by atoms with Gasteiger partial charge >= 0.3 is 0 Å². The van der Waals surface area contributed by atoms with Crippen molar-refractivity contribution in [2.24, 2.45) is 17.8 Å². The van der Waals surface area contributed by atoms with Gasteiger partial charge in [0.25, 0.3) is 0 Å². The Morgan fingerprint density at radius 2 is 1.38 bits per heavy atom. The molecule has 0 N–H and O–H groups in total.